The third-order valence-electron chi connectivity index (χ3n) is 7.47. The van der Waals surface area contributed by atoms with Gasteiger partial charge < -0.3 is 4.90 Å². The summed E-state index contributed by atoms with van der Waals surface area (Å²) in [7, 11) is 3.91. The van der Waals surface area contributed by atoms with Crippen molar-refractivity contribution in [1.82, 2.24) is 4.98 Å². The molecule has 1 aromatic rings. The third-order valence-corrected chi connectivity index (χ3v) is 7.47. The first kappa shape index (κ1) is 26.7. The minimum Gasteiger partial charge on any atom is -0.327 e. The molecule has 0 saturated heterocycles. The minimum absolute atomic E-state index is 0.500. The lowest BCUT2D eigenvalue weighted by molar-refractivity contribution is 0.518. The van der Waals surface area contributed by atoms with Crippen molar-refractivity contribution in [3.05, 3.63) is 71.3 Å². The summed E-state index contributed by atoms with van der Waals surface area (Å²) in [5.41, 5.74) is 9.71. The van der Waals surface area contributed by atoms with Crippen LogP contribution in [0.5, 0.6) is 0 Å². The molecule has 1 aliphatic carbocycles. The number of likely N-dealkylation sites (N-methyl/N-ethyl adjacent to an activating group) is 1. The zero-order valence-electron chi connectivity index (χ0n) is 23.2. The predicted molar refractivity (Wildman–Crippen MR) is 161 cm³/mol. The average Bonchev–Trinajstić information content (AvgIpc) is 3.19. The van der Waals surface area contributed by atoms with Gasteiger partial charge in [-0.25, -0.2) is 15.0 Å². The van der Waals surface area contributed by atoms with Gasteiger partial charge in [0, 0.05) is 55.7 Å². The molecule has 194 valence electrons. The smallest absolute Gasteiger partial charge is 0.135 e. The van der Waals surface area contributed by atoms with Crippen LogP contribution in [0.3, 0.4) is 0 Å². The van der Waals surface area contributed by atoms with Crippen LogP contribution in [0.25, 0.3) is 5.57 Å². The molecule has 1 aromatic heterocycles. The maximum atomic E-state index is 5.23. The van der Waals surface area contributed by atoms with Crippen LogP contribution in [-0.2, 0) is 6.42 Å². The molecule has 37 heavy (non-hydrogen) atoms. The van der Waals surface area contributed by atoms with E-state index in [9.17, 15) is 0 Å². The van der Waals surface area contributed by atoms with Crippen molar-refractivity contribution in [2.75, 3.05) is 19.0 Å². The van der Waals surface area contributed by atoms with E-state index < -0.39 is 0 Å². The lowest BCUT2D eigenvalue weighted by Gasteiger charge is -2.27. The van der Waals surface area contributed by atoms with Crippen LogP contribution >= 0.6 is 0 Å². The van der Waals surface area contributed by atoms with Crippen LogP contribution in [0.2, 0.25) is 0 Å². The van der Waals surface area contributed by atoms with Crippen LogP contribution in [-0.4, -0.2) is 36.8 Å². The number of allylic oxidation sites excluding steroid dienone is 7. The summed E-state index contributed by atoms with van der Waals surface area (Å²) >= 11 is 0. The van der Waals surface area contributed by atoms with Gasteiger partial charge in [0.2, 0.25) is 0 Å². The molecule has 3 heterocycles. The number of unbranched alkanes of at least 4 members (excludes halogenated alkanes) is 1. The second kappa shape index (κ2) is 12.3. The highest BCUT2D eigenvalue weighted by atomic mass is 15.2. The first-order chi connectivity index (χ1) is 18.0. The number of amidine groups is 1. The number of aromatic nitrogens is 1. The van der Waals surface area contributed by atoms with E-state index in [0.717, 1.165) is 77.6 Å². The SMILES string of the molecule is C=CC=C(C=NC)c1nc2c(c(N(C)C3=NC=C4CCCCC4C=C3C)c1C)N=C(CCCC)C=CC2. The molecule has 1 fully saturated rings. The Hall–Kier alpha value is -3.34. The summed E-state index contributed by atoms with van der Waals surface area (Å²) in [6.07, 6.45) is 23.4. The largest absolute Gasteiger partial charge is 0.327 e. The maximum Gasteiger partial charge on any atom is 0.135 e. The van der Waals surface area contributed by atoms with Gasteiger partial charge in [0.05, 0.1) is 17.1 Å². The molecule has 5 nitrogen and oxygen atoms in total. The molecular weight excluding hydrogens is 454 g/mol. The molecule has 2 aliphatic heterocycles. The van der Waals surface area contributed by atoms with E-state index in [1.54, 1.807) is 13.1 Å². The molecule has 1 saturated carbocycles. The van der Waals surface area contributed by atoms with Crippen molar-refractivity contribution in [2.24, 2.45) is 20.9 Å². The summed E-state index contributed by atoms with van der Waals surface area (Å²) in [6, 6.07) is 0. The van der Waals surface area contributed by atoms with E-state index in [4.69, 9.17) is 15.0 Å². The fraction of sp³-hybridized carbons (Fsp3) is 0.438. The normalized spacial score (nSPS) is 19.7. The summed E-state index contributed by atoms with van der Waals surface area (Å²) in [5, 5.41) is 0. The molecule has 3 aliphatic rings. The first-order valence-electron chi connectivity index (χ1n) is 13.7. The van der Waals surface area contributed by atoms with Crippen LogP contribution < -0.4 is 4.90 Å². The molecule has 0 aromatic carbocycles. The van der Waals surface area contributed by atoms with Crippen LogP contribution in [0.15, 0.2) is 69.3 Å². The summed E-state index contributed by atoms with van der Waals surface area (Å²) in [4.78, 5) is 22.0. The average molecular weight is 496 g/mol. The Balaban J connectivity index is 1.92. The van der Waals surface area contributed by atoms with Crippen molar-refractivity contribution in [3.63, 3.8) is 0 Å². The van der Waals surface area contributed by atoms with Crippen LogP contribution in [0.4, 0.5) is 11.4 Å². The van der Waals surface area contributed by atoms with Crippen LogP contribution in [0, 0.1) is 12.8 Å². The number of anilines is 1. The van der Waals surface area contributed by atoms with E-state index >= 15 is 0 Å². The monoisotopic (exact) mass is 495 g/mol. The summed E-state index contributed by atoms with van der Waals surface area (Å²) in [5.74, 6) is 1.48. The number of pyridine rings is 1. The maximum absolute atomic E-state index is 5.23. The fourth-order valence-corrected chi connectivity index (χ4v) is 5.58. The van der Waals surface area contributed by atoms with Gasteiger partial charge in [0.1, 0.15) is 11.5 Å². The minimum atomic E-state index is 0.500. The summed E-state index contributed by atoms with van der Waals surface area (Å²) < 4.78 is 0. The Bertz CT molecular complexity index is 1250. The fourth-order valence-electron chi connectivity index (χ4n) is 5.58. The van der Waals surface area contributed by atoms with Gasteiger partial charge in [-0.15, -0.1) is 0 Å². The molecule has 5 heteroatoms. The van der Waals surface area contributed by atoms with Crippen molar-refractivity contribution in [1.29, 1.82) is 0 Å². The van der Waals surface area contributed by atoms with E-state index in [1.165, 1.54) is 30.4 Å². The zero-order chi connectivity index (χ0) is 26.4. The van der Waals surface area contributed by atoms with E-state index in [2.05, 4.69) is 68.7 Å². The number of rotatable bonds is 7. The lowest BCUT2D eigenvalue weighted by atomic mass is 9.84. The Morgan fingerprint density at radius 2 is 2.11 bits per heavy atom. The molecule has 1 atom stereocenters. The Morgan fingerprint density at radius 1 is 1.27 bits per heavy atom. The van der Waals surface area contributed by atoms with Gasteiger partial charge in [-0.2, -0.15) is 0 Å². The second-order valence-electron chi connectivity index (χ2n) is 10.2. The standard InChI is InChI=1S/C32H41N5/c1-7-9-16-27-17-12-18-28-30(35-27)31(23(4)29(36-28)26(13-8-2)20-33-5)37(6)32-22(3)19-24-14-10-11-15-25(24)21-34-32/h8,12-13,17,19-21,24H,2,7,9-11,14-16,18H2,1,3-6H3. The Morgan fingerprint density at radius 3 is 2.86 bits per heavy atom. The van der Waals surface area contributed by atoms with Gasteiger partial charge in [-0.3, -0.25) is 4.99 Å². The summed E-state index contributed by atoms with van der Waals surface area (Å²) in [6.45, 7) is 10.5. The molecule has 0 radical (unpaired) electrons. The van der Waals surface area contributed by atoms with Gasteiger partial charge in [0.25, 0.3) is 0 Å². The van der Waals surface area contributed by atoms with Crippen molar-refractivity contribution >= 4 is 34.7 Å². The number of hydrogen-bond acceptors (Lipinski definition) is 5. The number of fused-ring (bicyclic) bond motifs is 2. The lowest BCUT2D eigenvalue weighted by Crippen LogP contribution is -2.29. The Kier molecular flexibility index (Phi) is 8.86. The molecule has 0 spiro atoms. The molecule has 0 N–H and O–H groups in total. The van der Waals surface area contributed by atoms with Crippen molar-refractivity contribution in [2.45, 2.75) is 72.1 Å². The van der Waals surface area contributed by atoms with E-state index in [1.807, 2.05) is 12.3 Å². The third kappa shape index (κ3) is 5.82. The zero-order valence-corrected chi connectivity index (χ0v) is 23.2. The highest BCUT2D eigenvalue weighted by Crippen LogP contribution is 2.41. The highest BCUT2D eigenvalue weighted by Gasteiger charge is 2.27. The molecule has 1 unspecified atom stereocenters. The second-order valence-corrected chi connectivity index (χ2v) is 10.2. The van der Waals surface area contributed by atoms with Crippen LogP contribution in [0.1, 0.15) is 75.7 Å². The van der Waals surface area contributed by atoms with Crippen molar-refractivity contribution in [3.8, 4) is 0 Å². The molecule has 0 amide bonds. The van der Waals surface area contributed by atoms with Gasteiger partial charge in [-0.1, -0.05) is 50.6 Å². The number of hydrogen-bond donors (Lipinski definition) is 0. The molecule has 0 bridgehead atoms. The van der Waals surface area contributed by atoms with Crippen molar-refractivity contribution < 1.29 is 0 Å². The first-order valence-corrected chi connectivity index (χ1v) is 13.7. The highest BCUT2D eigenvalue weighted by molar-refractivity contribution is 6.14. The number of aliphatic imine (C=N–C) groups is 3. The van der Waals surface area contributed by atoms with Gasteiger partial charge in [0.15, 0.2) is 0 Å². The van der Waals surface area contributed by atoms with E-state index in [-0.39, 0.29) is 0 Å². The van der Waals surface area contributed by atoms with E-state index in [0.29, 0.717) is 5.92 Å². The quantitative estimate of drug-likeness (QED) is 0.285. The van der Waals surface area contributed by atoms with Gasteiger partial charge in [-0.05, 0) is 63.2 Å². The van der Waals surface area contributed by atoms with Gasteiger partial charge >= 0.3 is 0 Å². The predicted octanol–water partition coefficient (Wildman–Crippen LogP) is 7.90. The molecule has 4 rings (SSSR count). The Labute approximate surface area is 222 Å². The number of nitrogens with zero attached hydrogens (tertiary/aromatic N) is 5. The topological polar surface area (TPSA) is 53.2 Å². The molecular formula is C32H41N5.